The summed E-state index contributed by atoms with van der Waals surface area (Å²) in [6.07, 6.45) is 1.16. The summed E-state index contributed by atoms with van der Waals surface area (Å²) in [5.41, 5.74) is 3.31. The molecular formula is C18H21N3O2S2. The highest BCUT2D eigenvalue weighted by molar-refractivity contribution is 8.13. The van der Waals surface area contributed by atoms with Crippen LogP contribution in [0.1, 0.15) is 17.0 Å². The first-order valence-electron chi connectivity index (χ1n) is 8.31. The molecule has 1 fully saturated rings. The quantitative estimate of drug-likeness (QED) is 0.806. The Kier molecular flexibility index (Phi) is 6.09. The third-order valence-electron chi connectivity index (χ3n) is 4.06. The summed E-state index contributed by atoms with van der Waals surface area (Å²) in [5.74, 6) is 0.830. The molecule has 0 unspecified atom stereocenters. The molecule has 0 bridgehead atoms. The Morgan fingerprint density at radius 2 is 2.12 bits per heavy atom. The molecule has 1 aromatic carbocycles. The Morgan fingerprint density at radius 1 is 1.32 bits per heavy atom. The summed E-state index contributed by atoms with van der Waals surface area (Å²) in [4.78, 5) is 29.6. The van der Waals surface area contributed by atoms with Gasteiger partial charge in [0.1, 0.15) is 0 Å². The van der Waals surface area contributed by atoms with Gasteiger partial charge in [0, 0.05) is 42.8 Å². The normalized spacial score (nSPS) is 14.1. The van der Waals surface area contributed by atoms with Crippen molar-refractivity contribution in [1.29, 1.82) is 0 Å². The zero-order valence-corrected chi connectivity index (χ0v) is 15.8. The van der Waals surface area contributed by atoms with E-state index in [4.69, 9.17) is 0 Å². The lowest BCUT2D eigenvalue weighted by molar-refractivity contribution is -0.121. The molecule has 0 atom stereocenters. The van der Waals surface area contributed by atoms with E-state index in [1.54, 1.807) is 16.2 Å². The van der Waals surface area contributed by atoms with Crippen LogP contribution in [0.15, 0.2) is 29.6 Å². The number of thiazole rings is 1. The summed E-state index contributed by atoms with van der Waals surface area (Å²) in [7, 11) is 0. The van der Waals surface area contributed by atoms with Gasteiger partial charge >= 0.3 is 0 Å². The topological polar surface area (TPSA) is 62.3 Å². The maximum absolute atomic E-state index is 11.9. The van der Waals surface area contributed by atoms with Crippen molar-refractivity contribution in [2.45, 2.75) is 19.8 Å². The third-order valence-corrected chi connectivity index (χ3v) is 5.72. The molecule has 2 heterocycles. The smallest absolute Gasteiger partial charge is 0.281 e. The Bertz CT molecular complexity index is 743. The minimum Gasteiger partial charge on any atom is -0.356 e. The number of hydrogen-bond acceptors (Lipinski definition) is 5. The van der Waals surface area contributed by atoms with Crippen molar-refractivity contribution in [3.8, 4) is 11.3 Å². The summed E-state index contributed by atoms with van der Waals surface area (Å²) in [6.45, 7) is 3.88. The van der Waals surface area contributed by atoms with Crippen LogP contribution in [-0.2, 0) is 11.2 Å². The van der Waals surface area contributed by atoms with Crippen LogP contribution in [0.3, 0.4) is 0 Å². The van der Waals surface area contributed by atoms with Gasteiger partial charge in [-0.15, -0.1) is 11.3 Å². The van der Waals surface area contributed by atoms with Gasteiger partial charge in [0.15, 0.2) is 0 Å². The minimum atomic E-state index is -0.000677. The molecule has 1 saturated heterocycles. The molecule has 2 amide bonds. The molecule has 25 heavy (non-hydrogen) atoms. The first kappa shape index (κ1) is 17.9. The lowest BCUT2D eigenvalue weighted by atomic mass is 10.1. The van der Waals surface area contributed by atoms with Gasteiger partial charge in [-0.05, 0) is 18.9 Å². The molecule has 2 aromatic rings. The number of nitrogens with zero attached hydrogens (tertiary/aromatic N) is 2. The summed E-state index contributed by atoms with van der Waals surface area (Å²) in [6, 6.07) is 8.30. The zero-order valence-electron chi connectivity index (χ0n) is 14.2. The lowest BCUT2D eigenvalue weighted by Gasteiger charge is -2.13. The van der Waals surface area contributed by atoms with Crippen LogP contribution in [0.25, 0.3) is 11.3 Å². The fourth-order valence-corrected chi connectivity index (χ4v) is 4.11. The highest BCUT2D eigenvalue weighted by Crippen LogP contribution is 2.22. The molecule has 3 rings (SSSR count). The maximum Gasteiger partial charge on any atom is 0.281 e. The molecule has 1 aliphatic rings. The van der Waals surface area contributed by atoms with E-state index in [0.717, 1.165) is 35.0 Å². The van der Waals surface area contributed by atoms with Gasteiger partial charge in [-0.3, -0.25) is 9.59 Å². The largest absolute Gasteiger partial charge is 0.356 e. The molecule has 1 N–H and O–H groups in total. The van der Waals surface area contributed by atoms with Crippen LogP contribution in [0.5, 0.6) is 0 Å². The van der Waals surface area contributed by atoms with Crippen LogP contribution < -0.4 is 5.32 Å². The van der Waals surface area contributed by atoms with Gasteiger partial charge < -0.3 is 10.2 Å². The summed E-state index contributed by atoms with van der Waals surface area (Å²) >= 11 is 2.97. The fourth-order valence-electron chi connectivity index (χ4n) is 2.64. The van der Waals surface area contributed by atoms with E-state index in [-0.39, 0.29) is 11.1 Å². The Morgan fingerprint density at radius 3 is 2.76 bits per heavy atom. The number of amides is 2. The highest BCUT2D eigenvalue weighted by Gasteiger charge is 2.21. The summed E-state index contributed by atoms with van der Waals surface area (Å²) in [5, 5.41) is 6.14. The van der Waals surface area contributed by atoms with E-state index in [0.29, 0.717) is 19.5 Å². The molecular weight excluding hydrogens is 354 g/mol. The monoisotopic (exact) mass is 375 g/mol. The van der Waals surface area contributed by atoms with Crippen LogP contribution in [0.2, 0.25) is 0 Å². The van der Waals surface area contributed by atoms with Crippen molar-refractivity contribution in [1.82, 2.24) is 15.2 Å². The molecule has 7 heteroatoms. The maximum atomic E-state index is 11.9. The van der Waals surface area contributed by atoms with Crippen molar-refractivity contribution >= 4 is 34.2 Å². The summed E-state index contributed by atoms with van der Waals surface area (Å²) < 4.78 is 0. The van der Waals surface area contributed by atoms with Gasteiger partial charge in [-0.25, -0.2) is 4.98 Å². The second kappa shape index (κ2) is 8.49. The van der Waals surface area contributed by atoms with E-state index in [9.17, 15) is 9.59 Å². The molecule has 5 nitrogen and oxygen atoms in total. The van der Waals surface area contributed by atoms with Gasteiger partial charge in [0.05, 0.1) is 10.7 Å². The number of rotatable bonds is 7. The number of thioether (sulfide) groups is 1. The molecule has 0 spiro atoms. The number of nitrogens with one attached hydrogen (secondary N) is 1. The van der Waals surface area contributed by atoms with Gasteiger partial charge in [-0.2, -0.15) is 0 Å². The van der Waals surface area contributed by atoms with Crippen molar-refractivity contribution < 1.29 is 9.59 Å². The van der Waals surface area contributed by atoms with E-state index in [1.807, 2.05) is 6.92 Å². The molecule has 132 valence electrons. The molecule has 0 radical (unpaired) electrons. The number of aromatic nitrogens is 1. The Balaban J connectivity index is 1.39. The predicted octanol–water partition coefficient (Wildman–Crippen LogP) is 3.34. The second-order valence-corrected chi connectivity index (χ2v) is 8.01. The fraction of sp³-hybridized carbons (Fsp3) is 0.389. The number of carbonyl (C=O) groups is 2. The highest BCUT2D eigenvalue weighted by atomic mass is 32.2. The van der Waals surface area contributed by atoms with Crippen LogP contribution in [0.4, 0.5) is 4.79 Å². The lowest BCUT2D eigenvalue weighted by Crippen LogP contribution is -2.31. The standard InChI is InChI=1S/C18H21N3O2S2/c1-13-20-16(12-25-13)15-4-2-14(3-5-15)6-8-19-17(22)7-9-21-10-11-24-18(21)23/h2-5,12H,6-11H2,1H3,(H,19,22). The third kappa shape index (κ3) is 5.06. The SMILES string of the molecule is Cc1nc(-c2ccc(CCNC(=O)CCN3CCSC3=O)cc2)cs1. The van der Waals surface area contributed by atoms with E-state index >= 15 is 0 Å². The van der Waals surface area contributed by atoms with Crippen molar-refractivity contribution in [2.75, 3.05) is 25.4 Å². The van der Waals surface area contributed by atoms with E-state index in [2.05, 4.69) is 39.9 Å². The number of benzene rings is 1. The average Bonchev–Trinajstić information content (AvgIpc) is 3.22. The van der Waals surface area contributed by atoms with Crippen molar-refractivity contribution in [3.63, 3.8) is 0 Å². The number of carbonyl (C=O) groups excluding carboxylic acids is 2. The van der Waals surface area contributed by atoms with E-state index < -0.39 is 0 Å². The molecule has 1 aromatic heterocycles. The van der Waals surface area contributed by atoms with E-state index in [1.165, 1.54) is 17.3 Å². The van der Waals surface area contributed by atoms with Gasteiger partial charge in [-0.1, -0.05) is 36.0 Å². The Hall–Kier alpha value is -1.86. The zero-order chi connectivity index (χ0) is 17.6. The first-order valence-corrected chi connectivity index (χ1v) is 10.2. The van der Waals surface area contributed by atoms with Gasteiger partial charge in [0.25, 0.3) is 5.24 Å². The predicted molar refractivity (Wildman–Crippen MR) is 103 cm³/mol. The van der Waals surface area contributed by atoms with Crippen molar-refractivity contribution in [3.05, 3.63) is 40.2 Å². The minimum absolute atomic E-state index is 0.000677. The molecule has 1 aliphatic heterocycles. The number of aryl methyl sites for hydroxylation is 1. The van der Waals surface area contributed by atoms with Crippen LogP contribution in [0, 0.1) is 6.92 Å². The first-order chi connectivity index (χ1) is 12.1. The molecule has 0 saturated carbocycles. The second-order valence-electron chi connectivity index (χ2n) is 5.90. The molecule has 0 aliphatic carbocycles. The van der Waals surface area contributed by atoms with Crippen LogP contribution >= 0.6 is 23.1 Å². The van der Waals surface area contributed by atoms with Gasteiger partial charge in [0.2, 0.25) is 5.91 Å². The van der Waals surface area contributed by atoms with Crippen LogP contribution in [-0.4, -0.2) is 46.4 Å². The van der Waals surface area contributed by atoms with Crippen molar-refractivity contribution in [2.24, 2.45) is 0 Å². The average molecular weight is 376 g/mol. The Labute approximate surface area is 155 Å². The number of hydrogen-bond donors (Lipinski definition) is 1.